The number of morpholine rings is 1. The molecule has 0 spiro atoms. The zero-order valence-corrected chi connectivity index (χ0v) is 16.0. The fourth-order valence-corrected chi connectivity index (χ4v) is 2.28. The molecule has 23 heavy (non-hydrogen) atoms. The molecule has 0 amide bonds. The normalized spacial score (nSPS) is 16.0. The van der Waals surface area contributed by atoms with Crippen molar-refractivity contribution in [3.05, 3.63) is 35.4 Å². The van der Waals surface area contributed by atoms with E-state index in [0.29, 0.717) is 25.7 Å². The lowest BCUT2D eigenvalue weighted by Crippen LogP contribution is -2.35. The third-order valence-electron chi connectivity index (χ3n) is 3.58. The molecule has 1 aliphatic rings. The number of ether oxygens (including phenoxy) is 2. The fourth-order valence-electron chi connectivity index (χ4n) is 2.28. The van der Waals surface area contributed by atoms with Crippen molar-refractivity contribution in [1.82, 2.24) is 10.2 Å². The van der Waals surface area contributed by atoms with Crippen LogP contribution in [0.3, 0.4) is 0 Å². The Bertz CT molecular complexity index is 462. The van der Waals surface area contributed by atoms with Crippen LogP contribution in [0.1, 0.15) is 11.1 Å². The van der Waals surface area contributed by atoms with Gasteiger partial charge >= 0.3 is 0 Å². The van der Waals surface area contributed by atoms with Gasteiger partial charge in [-0.3, -0.25) is 4.90 Å². The van der Waals surface area contributed by atoms with Crippen LogP contribution in [0.15, 0.2) is 29.3 Å². The number of hydrogen-bond donors (Lipinski definition) is 2. The molecule has 6 nitrogen and oxygen atoms in total. The van der Waals surface area contributed by atoms with Crippen LogP contribution in [0.25, 0.3) is 0 Å². The lowest BCUT2D eigenvalue weighted by atomic mass is 10.1. The predicted molar refractivity (Wildman–Crippen MR) is 103 cm³/mol. The predicted octanol–water partition coefficient (Wildman–Crippen LogP) is 1.19. The van der Waals surface area contributed by atoms with Gasteiger partial charge in [0.1, 0.15) is 0 Å². The van der Waals surface area contributed by atoms with E-state index in [1.54, 1.807) is 7.11 Å². The van der Waals surface area contributed by atoms with E-state index in [2.05, 4.69) is 39.5 Å². The lowest BCUT2D eigenvalue weighted by molar-refractivity contribution is 0.0342. The van der Waals surface area contributed by atoms with Crippen LogP contribution in [0.4, 0.5) is 0 Å². The maximum Gasteiger partial charge on any atom is 0.188 e. The van der Waals surface area contributed by atoms with Crippen molar-refractivity contribution in [2.45, 2.75) is 13.1 Å². The molecule has 7 heteroatoms. The molecule has 1 aromatic rings. The second-order valence-electron chi connectivity index (χ2n) is 5.33. The molecule has 1 saturated heterocycles. The molecule has 0 aromatic heterocycles. The van der Waals surface area contributed by atoms with Crippen molar-refractivity contribution in [1.29, 1.82) is 0 Å². The summed E-state index contributed by atoms with van der Waals surface area (Å²) in [4.78, 5) is 6.72. The molecule has 0 radical (unpaired) electrons. The summed E-state index contributed by atoms with van der Waals surface area (Å²) in [5, 5.41) is 3.00. The Kier molecular flexibility index (Phi) is 10.2. The summed E-state index contributed by atoms with van der Waals surface area (Å²) in [5.41, 5.74) is 8.26. The molecule has 2 rings (SSSR count). The van der Waals surface area contributed by atoms with Gasteiger partial charge in [-0.05, 0) is 11.1 Å². The fraction of sp³-hybridized carbons (Fsp3) is 0.562. The number of methoxy groups -OCH3 is 1. The molecule has 1 heterocycles. The zero-order chi connectivity index (χ0) is 15.6. The van der Waals surface area contributed by atoms with Gasteiger partial charge in [0, 0.05) is 33.3 Å². The molecule has 1 aromatic carbocycles. The van der Waals surface area contributed by atoms with E-state index < -0.39 is 0 Å². The van der Waals surface area contributed by atoms with E-state index in [9.17, 15) is 0 Å². The summed E-state index contributed by atoms with van der Waals surface area (Å²) >= 11 is 0. The van der Waals surface area contributed by atoms with E-state index in [4.69, 9.17) is 15.2 Å². The first kappa shape index (κ1) is 20.1. The Morgan fingerprint density at radius 3 is 2.57 bits per heavy atom. The van der Waals surface area contributed by atoms with Crippen molar-refractivity contribution in [3.8, 4) is 0 Å². The second-order valence-corrected chi connectivity index (χ2v) is 5.33. The van der Waals surface area contributed by atoms with E-state index in [-0.39, 0.29) is 24.0 Å². The van der Waals surface area contributed by atoms with Gasteiger partial charge in [0.25, 0.3) is 0 Å². The maximum absolute atomic E-state index is 5.78. The summed E-state index contributed by atoms with van der Waals surface area (Å²) in [5.74, 6) is 0.453. The summed E-state index contributed by atoms with van der Waals surface area (Å²) < 4.78 is 10.3. The highest BCUT2D eigenvalue weighted by Crippen LogP contribution is 2.09. The maximum atomic E-state index is 5.78. The minimum absolute atomic E-state index is 0. The van der Waals surface area contributed by atoms with Gasteiger partial charge in [-0.2, -0.15) is 0 Å². The third kappa shape index (κ3) is 7.96. The van der Waals surface area contributed by atoms with Gasteiger partial charge in [0.2, 0.25) is 0 Å². The Morgan fingerprint density at radius 2 is 1.91 bits per heavy atom. The topological polar surface area (TPSA) is 72.1 Å². The molecule has 3 N–H and O–H groups in total. The highest BCUT2D eigenvalue weighted by molar-refractivity contribution is 14.0. The van der Waals surface area contributed by atoms with Crippen molar-refractivity contribution < 1.29 is 9.47 Å². The van der Waals surface area contributed by atoms with Gasteiger partial charge in [-0.15, -0.1) is 24.0 Å². The van der Waals surface area contributed by atoms with Crippen LogP contribution >= 0.6 is 24.0 Å². The number of benzene rings is 1. The molecule has 0 atom stereocenters. The number of nitrogens with zero attached hydrogens (tertiary/aromatic N) is 2. The van der Waals surface area contributed by atoms with Crippen molar-refractivity contribution in [2.75, 3.05) is 46.6 Å². The average molecular weight is 434 g/mol. The smallest absolute Gasteiger partial charge is 0.188 e. The molecule has 1 aliphatic heterocycles. The Labute approximate surface area is 155 Å². The Balaban J connectivity index is 0.00000264. The van der Waals surface area contributed by atoms with Crippen molar-refractivity contribution in [3.63, 3.8) is 0 Å². The number of aliphatic imine (C=N–C) groups is 1. The first-order valence-electron chi connectivity index (χ1n) is 7.68. The minimum atomic E-state index is 0. The SMILES string of the molecule is COCCNC(N)=NCc1ccc(CN2CCOCC2)cc1.I. The summed E-state index contributed by atoms with van der Waals surface area (Å²) in [6.07, 6.45) is 0. The highest BCUT2D eigenvalue weighted by Gasteiger charge is 2.10. The average Bonchev–Trinajstić information content (AvgIpc) is 2.55. The van der Waals surface area contributed by atoms with Gasteiger partial charge in [-0.25, -0.2) is 4.99 Å². The van der Waals surface area contributed by atoms with E-state index >= 15 is 0 Å². The van der Waals surface area contributed by atoms with Crippen LogP contribution in [-0.4, -0.2) is 57.4 Å². The quantitative estimate of drug-likeness (QED) is 0.292. The highest BCUT2D eigenvalue weighted by atomic mass is 127. The summed E-state index contributed by atoms with van der Waals surface area (Å²) in [7, 11) is 1.66. The van der Waals surface area contributed by atoms with E-state index in [1.165, 1.54) is 5.56 Å². The van der Waals surface area contributed by atoms with E-state index in [1.807, 2.05) is 0 Å². The number of nitrogens with one attached hydrogen (secondary N) is 1. The van der Waals surface area contributed by atoms with Gasteiger partial charge in [0.15, 0.2) is 5.96 Å². The molecule has 130 valence electrons. The van der Waals surface area contributed by atoms with Crippen LogP contribution in [0, 0.1) is 0 Å². The standard InChI is InChI=1S/C16H26N4O2.HI/c1-21-9-6-18-16(17)19-12-14-2-4-15(5-3-14)13-20-7-10-22-11-8-20;/h2-5H,6-13H2,1H3,(H3,17,18,19);1H. The minimum Gasteiger partial charge on any atom is -0.383 e. The number of hydrogen-bond acceptors (Lipinski definition) is 4. The molecule has 0 bridgehead atoms. The first-order valence-corrected chi connectivity index (χ1v) is 7.68. The van der Waals surface area contributed by atoms with Crippen molar-refractivity contribution >= 4 is 29.9 Å². The monoisotopic (exact) mass is 434 g/mol. The number of guanidine groups is 1. The zero-order valence-electron chi connectivity index (χ0n) is 13.7. The molecule has 0 saturated carbocycles. The number of halogens is 1. The van der Waals surface area contributed by atoms with Gasteiger partial charge < -0.3 is 20.5 Å². The molecule has 1 fully saturated rings. The second kappa shape index (κ2) is 11.6. The Morgan fingerprint density at radius 1 is 1.26 bits per heavy atom. The third-order valence-corrected chi connectivity index (χ3v) is 3.58. The van der Waals surface area contributed by atoms with Gasteiger partial charge in [0.05, 0.1) is 26.4 Å². The molecule has 0 aliphatic carbocycles. The van der Waals surface area contributed by atoms with E-state index in [0.717, 1.165) is 38.4 Å². The largest absolute Gasteiger partial charge is 0.383 e. The van der Waals surface area contributed by atoms with Crippen LogP contribution in [-0.2, 0) is 22.6 Å². The van der Waals surface area contributed by atoms with Crippen LogP contribution in [0.2, 0.25) is 0 Å². The Hall–Kier alpha value is -0.900. The van der Waals surface area contributed by atoms with Crippen molar-refractivity contribution in [2.24, 2.45) is 10.7 Å². The summed E-state index contributed by atoms with van der Waals surface area (Å²) in [6.45, 7) is 6.55. The van der Waals surface area contributed by atoms with Crippen LogP contribution < -0.4 is 11.1 Å². The number of rotatable bonds is 7. The lowest BCUT2D eigenvalue weighted by Gasteiger charge is -2.26. The molecular formula is C16H27IN4O2. The summed E-state index contributed by atoms with van der Waals surface area (Å²) in [6, 6.07) is 8.55. The van der Waals surface area contributed by atoms with Crippen LogP contribution in [0.5, 0.6) is 0 Å². The van der Waals surface area contributed by atoms with Gasteiger partial charge in [-0.1, -0.05) is 24.3 Å². The molecule has 0 unspecified atom stereocenters. The number of nitrogens with two attached hydrogens (primary N) is 1. The first-order chi connectivity index (χ1) is 10.8. The molecular weight excluding hydrogens is 407 g/mol.